The van der Waals surface area contributed by atoms with Crippen LogP contribution in [0.15, 0.2) is 36.5 Å². The highest BCUT2D eigenvalue weighted by atomic mass is 32.2. The molecule has 4 N–H and O–H groups in total. The molecule has 1 aromatic heterocycles. The van der Waals surface area contributed by atoms with Gasteiger partial charge in [0, 0.05) is 17.3 Å². The second-order valence-electron chi connectivity index (χ2n) is 5.96. The molecule has 1 saturated heterocycles. The average Bonchev–Trinajstić information content (AvgIpc) is 2.63. The van der Waals surface area contributed by atoms with Gasteiger partial charge in [0.25, 0.3) is 10.1 Å². The predicted molar refractivity (Wildman–Crippen MR) is 88.4 cm³/mol. The lowest BCUT2D eigenvalue weighted by Crippen LogP contribution is -2.61. The van der Waals surface area contributed by atoms with Crippen LogP contribution in [0.25, 0.3) is 11.1 Å². The molecule has 9 nitrogen and oxygen atoms in total. The largest absolute Gasteiger partial charge is 0.462 e. The smallest absolute Gasteiger partial charge is 0.295 e. The van der Waals surface area contributed by atoms with Gasteiger partial charge in [0.05, 0.1) is 0 Å². The molecular formula is C16H15F2NO8S. The number of halogens is 2. The third-order valence-corrected chi connectivity index (χ3v) is 5.04. The van der Waals surface area contributed by atoms with Crippen molar-refractivity contribution in [3.05, 3.63) is 48.3 Å². The second kappa shape index (κ2) is 7.66. The van der Waals surface area contributed by atoms with Crippen molar-refractivity contribution in [1.29, 1.82) is 0 Å². The summed E-state index contributed by atoms with van der Waals surface area (Å²) in [6.45, 7) is 0. The molecule has 0 spiro atoms. The van der Waals surface area contributed by atoms with Gasteiger partial charge in [-0.15, -0.1) is 0 Å². The van der Waals surface area contributed by atoms with Gasteiger partial charge in [-0.05, 0) is 30.3 Å². The molecule has 3 rings (SSSR count). The summed E-state index contributed by atoms with van der Waals surface area (Å²) in [6.07, 6.45) is -6.75. The minimum absolute atomic E-state index is 0.179. The highest BCUT2D eigenvalue weighted by Crippen LogP contribution is 2.31. The number of ether oxygens (including phenoxy) is 2. The quantitative estimate of drug-likeness (QED) is 0.399. The van der Waals surface area contributed by atoms with Crippen molar-refractivity contribution in [2.75, 3.05) is 0 Å². The summed E-state index contributed by atoms with van der Waals surface area (Å²) in [5, 5.41) is 29.4. The molecule has 5 atom stereocenters. The maximum atomic E-state index is 14.1. The molecule has 28 heavy (non-hydrogen) atoms. The third-order valence-electron chi connectivity index (χ3n) is 4.06. The Morgan fingerprint density at radius 1 is 1.04 bits per heavy atom. The fourth-order valence-corrected chi connectivity index (χ4v) is 3.43. The Kier molecular flexibility index (Phi) is 5.61. The van der Waals surface area contributed by atoms with Crippen molar-refractivity contribution in [2.24, 2.45) is 0 Å². The van der Waals surface area contributed by atoms with Gasteiger partial charge >= 0.3 is 0 Å². The SMILES string of the molecule is O=S(=O)(O)C1O[C@@H](Oc2ccc(F)c(-c3cccnc3F)c2)[C@H](O)[C@@H](O)[C@@H]1O. The number of aromatic nitrogens is 1. The lowest BCUT2D eigenvalue weighted by Gasteiger charge is -2.38. The van der Waals surface area contributed by atoms with E-state index < -0.39 is 51.9 Å². The summed E-state index contributed by atoms with van der Waals surface area (Å²) >= 11 is 0. The first-order valence-corrected chi connectivity index (χ1v) is 9.33. The van der Waals surface area contributed by atoms with Crippen molar-refractivity contribution >= 4 is 10.1 Å². The van der Waals surface area contributed by atoms with Crippen molar-refractivity contribution < 1.29 is 46.5 Å². The molecule has 0 amide bonds. The van der Waals surface area contributed by atoms with E-state index in [-0.39, 0.29) is 16.9 Å². The average molecular weight is 419 g/mol. The number of aliphatic hydroxyl groups is 3. The minimum Gasteiger partial charge on any atom is -0.462 e. The standard InChI is InChI=1S/C16H15F2NO8S/c17-10-4-3-7(6-9(10)8-2-1-5-19-14(8)18)26-15-12(21)11(20)13(22)16(27-15)28(23,24)25/h1-6,11-13,15-16,20-22H,(H,23,24,25)/t11-,12-,13+,15-,16?/m1/s1. The highest BCUT2D eigenvalue weighted by molar-refractivity contribution is 7.86. The number of hydrogen-bond acceptors (Lipinski definition) is 8. The summed E-state index contributed by atoms with van der Waals surface area (Å²) in [5.41, 5.74) is -2.70. The number of aliphatic hydroxyl groups excluding tert-OH is 3. The molecule has 0 radical (unpaired) electrons. The Bertz CT molecular complexity index is 973. The van der Waals surface area contributed by atoms with E-state index in [0.29, 0.717) is 0 Å². The molecule has 152 valence electrons. The van der Waals surface area contributed by atoms with Gasteiger partial charge in [-0.25, -0.2) is 9.37 Å². The third kappa shape index (κ3) is 3.97. The fourth-order valence-electron chi connectivity index (χ4n) is 2.67. The van der Waals surface area contributed by atoms with Crippen molar-refractivity contribution in [2.45, 2.75) is 30.0 Å². The number of hydrogen-bond donors (Lipinski definition) is 4. The summed E-state index contributed by atoms with van der Waals surface area (Å²) in [7, 11) is -4.96. The molecule has 12 heteroatoms. The maximum Gasteiger partial charge on any atom is 0.295 e. The predicted octanol–water partition coefficient (Wildman–Crippen LogP) is 0.0585. The molecule has 1 aliphatic rings. The number of pyridine rings is 1. The van der Waals surface area contributed by atoms with E-state index in [2.05, 4.69) is 4.98 Å². The number of benzene rings is 1. The topological polar surface area (TPSA) is 146 Å². The first kappa shape index (κ1) is 20.5. The normalized spacial score (nSPS) is 28.1. The van der Waals surface area contributed by atoms with E-state index in [1.807, 2.05) is 0 Å². The minimum atomic E-state index is -4.96. The zero-order valence-corrected chi connectivity index (χ0v) is 14.7. The van der Waals surface area contributed by atoms with Gasteiger partial charge in [0.1, 0.15) is 29.9 Å². The Balaban J connectivity index is 1.91. The van der Waals surface area contributed by atoms with Gasteiger partial charge in [-0.1, -0.05) is 0 Å². The first-order valence-electron chi connectivity index (χ1n) is 7.82. The van der Waals surface area contributed by atoms with Crippen LogP contribution in [-0.4, -0.2) is 63.3 Å². The van der Waals surface area contributed by atoms with Crippen LogP contribution in [0.4, 0.5) is 8.78 Å². The van der Waals surface area contributed by atoms with Gasteiger partial charge in [0.2, 0.25) is 17.7 Å². The van der Waals surface area contributed by atoms with E-state index in [9.17, 15) is 32.5 Å². The Hall–Kier alpha value is -2.22. The van der Waals surface area contributed by atoms with E-state index >= 15 is 0 Å². The van der Waals surface area contributed by atoms with Gasteiger partial charge in [0.15, 0.2) is 0 Å². The zero-order chi connectivity index (χ0) is 20.6. The molecule has 0 bridgehead atoms. The van der Waals surface area contributed by atoms with Crippen LogP contribution >= 0.6 is 0 Å². The van der Waals surface area contributed by atoms with Crippen molar-refractivity contribution in [3.63, 3.8) is 0 Å². The number of nitrogens with zero attached hydrogens (tertiary/aromatic N) is 1. The zero-order valence-electron chi connectivity index (χ0n) is 13.9. The summed E-state index contributed by atoms with van der Waals surface area (Å²) in [6, 6.07) is 5.71. The van der Waals surface area contributed by atoms with E-state index in [4.69, 9.17) is 14.0 Å². The lowest BCUT2D eigenvalue weighted by molar-refractivity contribution is -0.254. The fraction of sp³-hybridized carbons (Fsp3) is 0.312. The number of rotatable bonds is 4. The second-order valence-corrected chi connectivity index (χ2v) is 7.46. The van der Waals surface area contributed by atoms with E-state index in [1.54, 1.807) is 0 Å². The van der Waals surface area contributed by atoms with E-state index in [1.165, 1.54) is 18.3 Å². The van der Waals surface area contributed by atoms with Crippen LogP contribution in [0.5, 0.6) is 5.75 Å². The highest BCUT2D eigenvalue weighted by Gasteiger charge is 2.50. The van der Waals surface area contributed by atoms with Gasteiger partial charge in [-0.3, -0.25) is 4.55 Å². The summed E-state index contributed by atoms with van der Waals surface area (Å²) < 4.78 is 69.7. The van der Waals surface area contributed by atoms with Crippen molar-refractivity contribution in [3.8, 4) is 16.9 Å². The van der Waals surface area contributed by atoms with Crippen LogP contribution in [0.1, 0.15) is 0 Å². The van der Waals surface area contributed by atoms with Crippen molar-refractivity contribution in [1.82, 2.24) is 4.98 Å². The Labute approximate surface area is 157 Å². The molecule has 2 aromatic rings. The molecular weight excluding hydrogens is 404 g/mol. The van der Waals surface area contributed by atoms with Crippen LogP contribution in [-0.2, 0) is 14.9 Å². The lowest BCUT2D eigenvalue weighted by atomic mass is 10.0. The molecule has 1 aliphatic heterocycles. The molecule has 1 aromatic carbocycles. The monoisotopic (exact) mass is 419 g/mol. The first-order chi connectivity index (χ1) is 13.1. The molecule has 0 aliphatic carbocycles. The molecule has 0 saturated carbocycles. The molecule has 1 unspecified atom stereocenters. The van der Waals surface area contributed by atoms with Crippen LogP contribution in [0, 0.1) is 11.8 Å². The van der Waals surface area contributed by atoms with E-state index in [0.717, 1.165) is 18.2 Å². The summed E-state index contributed by atoms with van der Waals surface area (Å²) in [4.78, 5) is 3.42. The summed E-state index contributed by atoms with van der Waals surface area (Å²) in [5.74, 6) is -1.94. The maximum absolute atomic E-state index is 14.1. The Morgan fingerprint density at radius 3 is 2.39 bits per heavy atom. The van der Waals surface area contributed by atoms with Crippen LogP contribution in [0.3, 0.4) is 0 Å². The van der Waals surface area contributed by atoms with Crippen LogP contribution in [0.2, 0.25) is 0 Å². The van der Waals surface area contributed by atoms with Gasteiger partial charge < -0.3 is 24.8 Å². The van der Waals surface area contributed by atoms with Crippen LogP contribution < -0.4 is 4.74 Å². The molecule has 1 fully saturated rings. The van der Waals surface area contributed by atoms with Gasteiger partial charge in [-0.2, -0.15) is 12.8 Å². The Morgan fingerprint density at radius 2 is 1.75 bits per heavy atom. The molecule has 2 heterocycles.